The van der Waals surface area contributed by atoms with Gasteiger partial charge in [-0.05, 0) is 38.5 Å². The van der Waals surface area contributed by atoms with Crippen molar-refractivity contribution in [2.45, 2.75) is 20.8 Å². The highest BCUT2D eigenvalue weighted by Gasteiger charge is 2.25. The van der Waals surface area contributed by atoms with E-state index in [0.29, 0.717) is 6.61 Å². The summed E-state index contributed by atoms with van der Waals surface area (Å²) in [5, 5.41) is 0. The lowest BCUT2D eigenvalue weighted by molar-refractivity contribution is -0.150. The van der Waals surface area contributed by atoms with Crippen molar-refractivity contribution in [2.75, 3.05) is 13.7 Å². The zero-order chi connectivity index (χ0) is 13.6. The van der Waals surface area contributed by atoms with E-state index in [0.717, 1.165) is 11.3 Å². The molecule has 0 bridgehead atoms. The van der Waals surface area contributed by atoms with Crippen molar-refractivity contribution in [1.29, 1.82) is 0 Å². The van der Waals surface area contributed by atoms with Crippen LogP contribution in [0.1, 0.15) is 26.3 Å². The van der Waals surface area contributed by atoms with Crippen LogP contribution < -0.4 is 4.74 Å². The van der Waals surface area contributed by atoms with Crippen LogP contribution in [0.3, 0.4) is 0 Å². The predicted octanol–water partition coefficient (Wildman–Crippen LogP) is 3.30. The third-order valence-corrected chi connectivity index (χ3v) is 2.61. The number of ether oxygens (including phenoxy) is 2. The number of benzene rings is 1. The first-order valence-corrected chi connectivity index (χ1v) is 6.00. The Morgan fingerprint density at radius 2 is 1.89 bits per heavy atom. The molecule has 0 unspecified atom stereocenters. The first-order chi connectivity index (χ1) is 8.49. The van der Waals surface area contributed by atoms with Crippen LogP contribution in [0.25, 0.3) is 6.08 Å². The summed E-state index contributed by atoms with van der Waals surface area (Å²) in [7, 11) is 1.63. The van der Waals surface area contributed by atoms with Crippen molar-refractivity contribution < 1.29 is 14.3 Å². The molecule has 0 spiro atoms. The average molecular weight is 248 g/mol. The highest BCUT2D eigenvalue weighted by molar-refractivity contribution is 5.79. The molecule has 0 aliphatic carbocycles. The first kappa shape index (κ1) is 14.3. The van der Waals surface area contributed by atoms with E-state index in [-0.39, 0.29) is 5.97 Å². The van der Waals surface area contributed by atoms with Gasteiger partial charge in [-0.25, -0.2) is 0 Å². The third-order valence-electron chi connectivity index (χ3n) is 2.61. The molecule has 0 saturated carbocycles. The van der Waals surface area contributed by atoms with Gasteiger partial charge in [-0.3, -0.25) is 4.79 Å². The first-order valence-electron chi connectivity index (χ1n) is 6.00. The number of methoxy groups -OCH3 is 1. The van der Waals surface area contributed by atoms with Crippen LogP contribution in [-0.4, -0.2) is 19.7 Å². The van der Waals surface area contributed by atoms with Crippen molar-refractivity contribution in [1.82, 2.24) is 0 Å². The van der Waals surface area contributed by atoms with Crippen molar-refractivity contribution in [3.8, 4) is 5.75 Å². The predicted molar refractivity (Wildman–Crippen MR) is 72.4 cm³/mol. The fourth-order valence-electron chi connectivity index (χ4n) is 1.40. The highest BCUT2D eigenvalue weighted by atomic mass is 16.5. The van der Waals surface area contributed by atoms with E-state index < -0.39 is 5.41 Å². The molecule has 0 aromatic heterocycles. The largest absolute Gasteiger partial charge is 0.497 e. The molecule has 0 heterocycles. The molecule has 0 N–H and O–H groups in total. The summed E-state index contributed by atoms with van der Waals surface area (Å²) in [4.78, 5) is 11.7. The minimum absolute atomic E-state index is 0.213. The zero-order valence-corrected chi connectivity index (χ0v) is 11.4. The van der Waals surface area contributed by atoms with Crippen molar-refractivity contribution in [2.24, 2.45) is 5.41 Å². The van der Waals surface area contributed by atoms with Gasteiger partial charge in [-0.1, -0.05) is 24.3 Å². The number of rotatable bonds is 5. The lowest BCUT2D eigenvalue weighted by Crippen LogP contribution is -2.24. The molecule has 0 aliphatic rings. The van der Waals surface area contributed by atoms with Crippen LogP contribution >= 0.6 is 0 Å². The second kappa shape index (κ2) is 6.24. The average Bonchev–Trinajstić information content (AvgIpc) is 2.37. The van der Waals surface area contributed by atoms with Crippen molar-refractivity contribution in [3.05, 3.63) is 35.9 Å². The van der Waals surface area contributed by atoms with Crippen molar-refractivity contribution >= 4 is 12.0 Å². The molecule has 98 valence electrons. The topological polar surface area (TPSA) is 35.5 Å². The van der Waals surface area contributed by atoms with Crippen LogP contribution in [0.5, 0.6) is 5.75 Å². The summed E-state index contributed by atoms with van der Waals surface area (Å²) in [5.41, 5.74) is 0.406. The third kappa shape index (κ3) is 3.91. The van der Waals surface area contributed by atoms with Gasteiger partial charge in [0.1, 0.15) is 5.75 Å². The van der Waals surface area contributed by atoms with E-state index in [1.165, 1.54) is 0 Å². The van der Waals surface area contributed by atoms with E-state index in [9.17, 15) is 4.79 Å². The lowest BCUT2D eigenvalue weighted by Gasteiger charge is -2.17. The standard InChI is InChI=1S/C15H20O3/c1-5-18-14(16)15(2,3)11-10-12-6-8-13(17-4)9-7-12/h6-11H,5H2,1-4H3/b11-10-. The van der Waals surface area contributed by atoms with Gasteiger partial charge in [0.25, 0.3) is 0 Å². The molecule has 0 amide bonds. The smallest absolute Gasteiger partial charge is 0.315 e. The van der Waals surface area contributed by atoms with Gasteiger partial charge in [0.05, 0.1) is 19.1 Å². The van der Waals surface area contributed by atoms with E-state index in [1.54, 1.807) is 14.0 Å². The molecule has 3 nitrogen and oxygen atoms in total. The number of esters is 1. The van der Waals surface area contributed by atoms with E-state index in [4.69, 9.17) is 9.47 Å². The van der Waals surface area contributed by atoms with E-state index >= 15 is 0 Å². The van der Waals surface area contributed by atoms with Crippen LogP contribution in [0.15, 0.2) is 30.3 Å². The molecule has 0 aliphatic heterocycles. The molecule has 18 heavy (non-hydrogen) atoms. The molecule has 0 saturated heterocycles. The molecule has 1 aromatic carbocycles. The van der Waals surface area contributed by atoms with Crippen LogP contribution in [0.2, 0.25) is 0 Å². The van der Waals surface area contributed by atoms with Gasteiger partial charge < -0.3 is 9.47 Å². The summed E-state index contributed by atoms with van der Waals surface area (Å²) < 4.78 is 10.1. The Hall–Kier alpha value is -1.77. The Morgan fingerprint density at radius 3 is 2.39 bits per heavy atom. The molecule has 0 fully saturated rings. The minimum Gasteiger partial charge on any atom is -0.497 e. The molecule has 0 atom stereocenters. The quantitative estimate of drug-likeness (QED) is 0.750. The van der Waals surface area contributed by atoms with Crippen LogP contribution in [0, 0.1) is 5.41 Å². The highest BCUT2D eigenvalue weighted by Crippen LogP contribution is 2.21. The van der Waals surface area contributed by atoms with Gasteiger partial charge in [-0.15, -0.1) is 0 Å². The Labute approximate surface area is 108 Å². The molecule has 1 rings (SSSR count). The van der Waals surface area contributed by atoms with Gasteiger partial charge >= 0.3 is 5.97 Å². The normalized spacial score (nSPS) is 11.6. The van der Waals surface area contributed by atoms with Crippen LogP contribution in [0.4, 0.5) is 0 Å². The van der Waals surface area contributed by atoms with Crippen LogP contribution in [-0.2, 0) is 9.53 Å². The molecule has 0 radical (unpaired) electrons. The summed E-state index contributed by atoms with van der Waals surface area (Å²) in [6, 6.07) is 7.65. The minimum atomic E-state index is -0.615. The molecular formula is C15H20O3. The van der Waals surface area contributed by atoms with Crippen molar-refractivity contribution in [3.63, 3.8) is 0 Å². The molecule has 3 heteroatoms. The second-order valence-corrected chi connectivity index (χ2v) is 4.55. The number of carbonyl (C=O) groups excluding carboxylic acids is 1. The number of hydrogen-bond donors (Lipinski definition) is 0. The Kier molecular flexibility index (Phi) is 4.95. The number of hydrogen-bond acceptors (Lipinski definition) is 3. The summed E-state index contributed by atoms with van der Waals surface area (Å²) in [5.74, 6) is 0.603. The van der Waals surface area contributed by atoms with Gasteiger partial charge in [0.15, 0.2) is 0 Å². The fraction of sp³-hybridized carbons (Fsp3) is 0.400. The zero-order valence-electron chi connectivity index (χ0n) is 11.4. The van der Waals surface area contributed by atoms with Gasteiger partial charge in [0, 0.05) is 0 Å². The van der Waals surface area contributed by atoms with Gasteiger partial charge in [-0.2, -0.15) is 0 Å². The lowest BCUT2D eigenvalue weighted by atomic mass is 9.92. The monoisotopic (exact) mass is 248 g/mol. The van der Waals surface area contributed by atoms with Gasteiger partial charge in [0.2, 0.25) is 0 Å². The maximum Gasteiger partial charge on any atom is 0.315 e. The molecule has 1 aromatic rings. The SMILES string of the molecule is CCOC(=O)C(C)(C)/C=C\c1ccc(OC)cc1. The second-order valence-electron chi connectivity index (χ2n) is 4.55. The van der Waals surface area contributed by atoms with E-state index in [2.05, 4.69) is 0 Å². The Bertz CT molecular complexity index is 416. The summed E-state index contributed by atoms with van der Waals surface area (Å²) in [6.07, 6.45) is 3.77. The molecular weight excluding hydrogens is 228 g/mol. The number of carbonyl (C=O) groups is 1. The maximum atomic E-state index is 11.7. The summed E-state index contributed by atoms with van der Waals surface area (Å²) >= 11 is 0. The Balaban J connectivity index is 2.75. The van der Waals surface area contributed by atoms with E-state index in [1.807, 2.05) is 50.3 Å². The Morgan fingerprint density at radius 1 is 1.28 bits per heavy atom. The summed E-state index contributed by atoms with van der Waals surface area (Å²) in [6.45, 7) is 5.88. The maximum absolute atomic E-state index is 11.7. The fourth-order valence-corrected chi connectivity index (χ4v) is 1.40.